The predicted octanol–water partition coefficient (Wildman–Crippen LogP) is 1.46. The van der Waals surface area contributed by atoms with Gasteiger partial charge in [0.2, 0.25) is 0 Å². The van der Waals surface area contributed by atoms with Crippen LogP contribution in [0.5, 0.6) is 5.75 Å². The van der Waals surface area contributed by atoms with Crippen LogP contribution in [0.15, 0.2) is 24.3 Å². The highest BCUT2D eigenvalue weighted by Crippen LogP contribution is 2.31. The summed E-state index contributed by atoms with van der Waals surface area (Å²) in [5.74, 6) is -0.335. The van der Waals surface area contributed by atoms with E-state index in [1.165, 1.54) is 12.1 Å². The van der Waals surface area contributed by atoms with Crippen molar-refractivity contribution in [1.82, 2.24) is 0 Å². The average Bonchev–Trinajstić information content (AvgIpc) is 2.45. The molecule has 1 aromatic rings. The molecule has 1 aliphatic rings. The standard InChI is InChI=1S/C11H13FO3S/c12-11(5-6-16(14,15)8-11)7-9-1-3-10(13)4-2-9/h1-4,13H,5-8H2. The summed E-state index contributed by atoms with van der Waals surface area (Å²) in [6.45, 7) is 0. The first kappa shape index (κ1) is 11.4. The molecule has 1 N–H and O–H groups in total. The lowest BCUT2D eigenvalue weighted by Gasteiger charge is -2.17. The van der Waals surface area contributed by atoms with E-state index >= 15 is 0 Å². The molecule has 2 rings (SSSR count). The molecule has 1 fully saturated rings. The number of phenols is 1. The van der Waals surface area contributed by atoms with Crippen molar-refractivity contribution in [2.45, 2.75) is 18.5 Å². The molecule has 0 bridgehead atoms. The molecule has 1 unspecified atom stereocenters. The molecule has 5 heteroatoms. The van der Waals surface area contributed by atoms with Crippen LogP contribution < -0.4 is 0 Å². The predicted molar refractivity (Wildman–Crippen MR) is 58.9 cm³/mol. The third kappa shape index (κ3) is 2.52. The Bertz CT molecular complexity index is 480. The first-order chi connectivity index (χ1) is 7.39. The van der Waals surface area contributed by atoms with Gasteiger partial charge in [0.1, 0.15) is 11.4 Å². The summed E-state index contributed by atoms with van der Waals surface area (Å²) < 4.78 is 36.6. The summed E-state index contributed by atoms with van der Waals surface area (Å²) in [5, 5.41) is 9.08. The molecule has 1 saturated heterocycles. The second-order valence-electron chi connectivity index (χ2n) is 4.34. The minimum atomic E-state index is -3.21. The molecule has 88 valence electrons. The van der Waals surface area contributed by atoms with Gasteiger partial charge in [-0.3, -0.25) is 0 Å². The van der Waals surface area contributed by atoms with Crippen LogP contribution in [0.4, 0.5) is 4.39 Å². The molecule has 0 aliphatic carbocycles. The molecule has 1 heterocycles. The zero-order valence-corrected chi connectivity index (χ0v) is 9.50. The van der Waals surface area contributed by atoms with Crippen LogP contribution in [0.2, 0.25) is 0 Å². The minimum absolute atomic E-state index is 0.0657. The molecule has 1 aliphatic heterocycles. The van der Waals surface area contributed by atoms with E-state index in [-0.39, 0.29) is 30.1 Å². The van der Waals surface area contributed by atoms with Gasteiger partial charge in [0, 0.05) is 6.42 Å². The van der Waals surface area contributed by atoms with Gasteiger partial charge in [-0.2, -0.15) is 0 Å². The maximum atomic E-state index is 14.2. The Morgan fingerprint density at radius 1 is 1.31 bits per heavy atom. The van der Waals surface area contributed by atoms with E-state index in [9.17, 15) is 12.8 Å². The van der Waals surface area contributed by atoms with E-state index in [4.69, 9.17) is 5.11 Å². The fraction of sp³-hybridized carbons (Fsp3) is 0.455. The zero-order valence-electron chi connectivity index (χ0n) is 8.69. The van der Waals surface area contributed by atoms with E-state index in [2.05, 4.69) is 0 Å². The third-order valence-electron chi connectivity index (χ3n) is 2.80. The summed E-state index contributed by atoms with van der Waals surface area (Å²) in [6, 6.07) is 6.17. The highest BCUT2D eigenvalue weighted by molar-refractivity contribution is 7.91. The summed E-state index contributed by atoms with van der Waals surface area (Å²) in [5.41, 5.74) is -0.937. The SMILES string of the molecule is O=S1(=O)CCC(F)(Cc2ccc(O)cc2)C1. The van der Waals surface area contributed by atoms with Crippen molar-refractivity contribution in [3.63, 3.8) is 0 Å². The molecular weight excluding hydrogens is 231 g/mol. The molecule has 0 saturated carbocycles. The fourth-order valence-corrected chi connectivity index (χ4v) is 3.85. The fourth-order valence-electron chi connectivity index (χ4n) is 2.00. The molecule has 0 amide bonds. The van der Waals surface area contributed by atoms with E-state index < -0.39 is 15.5 Å². The van der Waals surface area contributed by atoms with Crippen LogP contribution in [0.25, 0.3) is 0 Å². The number of hydrogen-bond donors (Lipinski definition) is 1. The van der Waals surface area contributed by atoms with Crippen LogP contribution in [-0.4, -0.2) is 30.7 Å². The Hall–Kier alpha value is -1.10. The Labute approximate surface area is 93.8 Å². The number of aromatic hydroxyl groups is 1. The highest BCUT2D eigenvalue weighted by atomic mass is 32.2. The Balaban J connectivity index is 2.13. The van der Waals surface area contributed by atoms with Gasteiger partial charge in [0.15, 0.2) is 9.84 Å². The van der Waals surface area contributed by atoms with Crippen LogP contribution >= 0.6 is 0 Å². The minimum Gasteiger partial charge on any atom is -0.508 e. The van der Waals surface area contributed by atoms with Crippen molar-refractivity contribution in [1.29, 1.82) is 0 Å². The number of alkyl halides is 1. The topological polar surface area (TPSA) is 54.4 Å². The molecule has 0 spiro atoms. The number of halogens is 1. The Morgan fingerprint density at radius 2 is 1.94 bits per heavy atom. The lowest BCUT2D eigenvalue weighted by Crippen LogP contribution is -2.27. The summed E-state index contributed by atoms with van der Waals surface area (Å²) in [6.07, 6.45) is 0.155. The maximum Gasteiger partial charge on any atom is 0.153 e. The monoisotopic (exact) mass is 244 g/mol. The first-order valence-corrected chi connectivity index (χ1v) is 6.88. The summed E-state index contributed by atoms with van der Waals surface area (Å²) >= 11 is 0. The number of benzene rings is 1. The van der Waals surface area contributed by atoms with Gasteiger partial charge >= 0.3 is 0 Å². The van der Waals surface area contributed by atoms with Crippen molar-refractivity contribution in [3.05, 3.63) is 29.8 Å². The van der Waals surface area contributed by atoms with Crippen LogP contribution in [-0.2, 0) is 16.3 Å². The van der Waals surface area contributed by atoms with Crippen molar-refractivity contribution >= 4 is 9.84 Å². The summed E-state index contributed by atoms with van der Waals surface area (Å²) in [4.78, 5) is 0. The van der Waals surface area contributed by atoms with E-state index in [1.54, 1.807) is 12.1 Å². The normalized spacial score (nSPS) is 28.1. The van der Waals surface area contributed by atoms with Crippen molar-refractivity contribution < 1.29 is 17.9 Å². The first-order valence-electron chi connectivity index (χ1n) is 5.06. The second kappa shape index (κ2) is 3.73. The molecule has 16 heavy (non-hydrogen) atoms. The van der Waals surface area contributed by atoms with Gasteiger partial charge in [0.25, 0.3) is 0 Å². The Kier molecular flexibility index (Phi) is 2.66. The summed E-state index contributed by atoms with van der Waals surface area (Å²) in [7, 11) is -3.21. The van der Waals surface area contributed by atoms with E-state index in [0.717, 1.165) is 0 Å². The number of sulfone groups is 1. The zero-order chi connectivity index (χ0) is 11.8. The van der Waals surface area contributed by atoms with Crippen molar-refractivity contribution in [2.24, 2.45) is 0 Å². The van der Waals surface area contributed by atoms with Crippen LogP contribution in [0.1, 0.15) is 12.0 Å². The van der Waals surface area contributed by atoms with Crippen LogP contribution in [0, 0.1) is 0 Å². The van der Waals surface area contributed by atoms with Gasteiger partial charge in [-0.1, -0.05) is 12.1 Å². The number of phenolic OH excluding ortho intramolecular Hbond substituents is 1. The van der Waals surface area contributed by atoms with Gasteiger partial charge in [0.05, 0.1) is 11.5 Å². The largest absolute Gasteiger partial charge is 0.508 e. The van der Waals surface area contributed by atoms with E-state index in [1.807, 2.05) is 0 Å². The third-order valence-corrected chi connectivity index (χ3v) is 4.58. The molecule has 0 radical (unpaired) electrons. The molecule has 3 nitrogen and oxygen atoms in total. The van der Waals surface area contributed by atoms with Gasteiger partial charge < -0.3 is 5.11 Å². The molecule has 0 aromatic heterocycles. The quantitative estimate of drug-likeness (QED) is 0.857. The van der Waals surface area contributed by atoms with Gasteiger partial charge in [-0.25, -0.2) is 12.8 Å². The highest BCUT2D eigenvalue weighted by Gasteiger charge is 2.42. The van der Waals surface area contributed by atoms with Crippen molar-refractivity contribution in [3.8, 4) is 5.75 Å². The van der Waals surface area contributed by atoms with E-state index in [0.29, 0.717) is 5.56 Å². The average molecular weight is 244 g/mol. The molecule has 1 aromatic carbocycles. The smallest absolute Gasteiger partial charge is 0.153 e. The number of hydrogen-bond acceptors (Lipinski definition) is 3. The van der Waals surface area contributed by atoms with Gasteiger partial charge in [-0.15, -0.1) is 0 Å². The second-order valence-corrected chi connectivity index (χ2v) is 6.52. The maximum absolute atomic E-state index is 14.2. The lowest BCUT2D eigenvalue weighted by molar-refractivity contribution is 0.198. The Morgan fingerprint density at radius 3 is 2.44 bits per heavy atom. The molecule has 1 atom stereocenters. The van der Waals surface area contributed by atoms with Gasteiger partial charge in [-0.05, 0) is 24.1 Å². The van der Waals surface area contributed by atoms with Crippen molar-refractivity contribution in [2.75, 3.05) is 11.5 Å². The lowest BCUT2D eigenvalue weighted by atomic mass is 9.96. The number of rotatable bonds is 2. The van der Waals surface area contributed by atoms with Crippen LogP contribution in [0.3, 0.4) is 0 Å². The molecular formula is C11H13FO3S.